The third-order valence-electron chi connectivity index (χ3n) is 4.45. The number of thioether (sulfide) groups is 1. The van der Waals surface area contributed by atoms with Gasteiger partial charge in [0.2, 0.25) is 5.91 Å². The molecule has 1 amide bonds. The molecule has 0 saturated carbocycles. The van der Waals surface area contributed by atoms with Crippen molar-refractivity contribution < 1.29 is 4.79 Å². The van der Waals surface area contributed by atoms with Crippen molar-refractivity contribution in [1.82, 2.24) is 14.5 Å². The van der Waals surface area contributed by atoms with Gasteiger partial charge in [-0.3, -0.25) is 9.59 Å². The summed E-state index contributed by atoms with van der Waals surface area (Å²) in [4.78, 5) is 33.8. The van der Waals surface area contributed by atoms with E-state index in [0.29, 0.717) is 33.2 Å². The first-order chi connectivity index (χ1) is 14.0. The van der Waals surface area contributed by atoms with Crippen molar-refractivity contribution in [3.63, 3.8) is 0 Å². The Kier molecular flexibility index (Phi) is 5.14. The number of pyridine rings is 1. The molecule has 2 aromatic carbocycles. The van der Waals surface area contributed by atoms with Gasteiger partial charge in [-0.1, -0.05) is 42.1 Å². The number of rotatable bonds is 5. The van der Waals surface area contributed by atoms with Crippen LogP contribution < -0.4 is 11.3 Å². The van der Waals surface area contributed by atoms with Crippen LogP contribution in [0, 0.1) is 6.92 Å². The van der Waals surface area contributed by atoms with Crippen LogP contribution in [0.1, 0.15) is 21.5 Å². The second-order valence-electron chi connectivity index (χ2n) is 6.60. The lowest BCUT2D eigenvalue weighted by molar-refractivity contribution is 0.1000. The van der Waals surface area contributed by atoms with Crippen molar-refractivity contribution in [3.05, 3.63) is 93.9 Å². The summed E-state index contributed by atoms with van der Waals surface area (Å²) in [6.45, 7) is 1.94. The number of aryl methyl sites for hydroxylation is 1. The molecule has 2 aromatic heterocycles. The quantitative estimate of drug-likeness (QED) is 0.408. The molecule has 0 aliphatic carbocycles. The van der Waals surface area contributed by atoms with Crippen LogP contribution in [0.25, 0.3) is 16.7 Å². The first-order valence-corrected chi connectivity index (χ1v) is 9.98. The zero-order valence-corrected chi connectivity index (χ0v) is 16.5. The molecule has 144 valence electrons. The Labute approximate surface area is 171 Å². The summed E-state index contributed by atoms with van der Waals surface area (Å²) in [5.41, 5.74) is 8.21. The maximum atomic E-state index is 13.2. The maximum absolute atomic E-state index is 13.2. The highest BCUT2D eigenvalue weighted by molar-refractivity contribution is 7.98. The number of nitrogens with two attached hydrogens (primary N) is 1. The van der Waals surface area contributed by atoms with Gasteiger partial charge in [0, 0.05) is 17.5 Å². The molecule has 7 heteroatoms. The predicted molar refractivity (Wildman–Crippen MR) is 114 cm³/mol. The number of hydrogen-bond donors (Lipinski definition) is 1. The number of aromatic nitrogens is 3. The molecule has 0 aliphatic rings. The Hall–Kier alpha value is -3.45. The molecule has 0 saturated heterocycles. The van der Waals surface area contributed by atoms with Gasteiger partial charge in [0.1, 0.15) is 5.82 Å². The number of hydrogen-bond acceptors (Lipinski definition) is 5. The van der Waals surface area contributed by atoms with E-state index in [1.807, 2.05) is 43.3 Å². The minimum absolute atomic E-state index is 0.166. The second kappa shape index (κ2) is 7.89. The number of benzene rings is 2. The zero-order valence-electron chi connectivity index (χ0n) is 15.7. The number of carbonyl (C=O) groups excluding carboxylic acids is 1. The molecule has 4 aromatic rings. The van der Waals surface area contributed by atoms with Gasteiger partial charge in [-0.25, -0.2) is 14.5 Å². The molecule has 0 unspecified atom stereocenters. The Bertz CT molecular complexity index is 1270. The molecule has 6 nitrogen and oxygen atoms in total. The van der Waals surface area contributed by atoms with Gasteiger partial charge < -0.3 is 5.73 Å². The summed E-state index contributed by atoms with van der Waals surface area (Å²) in [5.74, 6) is 0.575. The molecule has 0 spiro atoms. The van der Waals surface area contributed by atoms with Crippen molar-refractivity contribution in [2.75, 3.05) is 0 Å². The summed E-state index contributed by atoms with van der Waals surface area (Å²) in [5, 5.41) is 1.07. The fraction of sp³-hybridized carbons (Fsp3) is 0.0909. The van der Waals surface area contributed by atoms with Crippen LogP contribution in [0.3, 0.4) is 0 Å². The number of fused-ring (bicyclic) bond motifs is 1. The number of nitrogens with zero attached hydrogens (tertiary/aromatic N) is 3. The smallest absolute Gasteiger partial charge is 0.267 e. The van der Waals surface area contributed by atoms with E-state index in [1.54, 1.807) is 30.5 Å². The summed E-state index contributed by atoms with van der Waals surface area (Å²) in [6.07, 6.45) is 1.72. The average Bonchev–Trinajstić information content (AvgIpc) is 2.73. The molecule has 0 bridgehead atoms. The van der Waals surface area contributed by atoms with Crippen molar-refractivity contribution in [3.8, 4) is 5.82 Å². The normalized spacial score (nSPS) is 10.9. The number of primary amides is 1. The minimum atomic E-state index is -0.471. The molecule has 0 fully saturated rings. The van der Waals surface area contributed by atoms with Crippen LogP contribution in [-0.4, -0.2) is 20.4 Å². The lowest BCUT2D eigenvalue weighted by Gasteiger charge is -2.13. The summed E-state index contributed by atoms with van der Waals surface area (Å²) in [6, 6.07) is 18.1. The molecule has 2 N–H and O–H groups in total. The standard InChI is InChI=1S/C22H18N4O2S/c1-14-9-10-19(24-12-14)26-21(28)17-7-2-3-8-18(17)25-22(26)29-13-15-5-4-6-16(11-15)20(23)27/h2-12H,13H2,1H3,(H2,23,27). The van der Waals surface area contributed by atoms with Crippen LogP contribution in [0.4, 0.5) is 0 Å². The van der Waals surface area contributed by atoms with Crippen LogP contribution >= 0.6 is 11.8 Å². The highest BCUT2D eigenvalue weighted by Gasteiger charge is 2.14. The van der Waals surface area contributed by atoms with Crippen molar-refractivity contribution in [2.45, 2.75) is 17.8 Å². The first kappa shape index (κ1) is 18.9. The zero-order chi connectivity index (χ0) is 20.4. The monoisotopic (exact) mass is 402 g/mol. The SMILES string of the molecule is Cc1ccc(-n2c(SCc3cccc(C(N)=O)c3)nc3ccccc3c2=O)nc1. The van der Waals surface area contributed by atoms with E-state index < -0.39 is 5.91 Å². The van der Waals surface area contributed by atoms with Crippen LogP contribution in [-0.2, 0) is 5.75 Å². The lowest BCUT2D eigenvalue weighted by Crippen LogP contribution is -2.22. The molecule has 2 heterocycles. The number of carbonyl (C=O) groups is 1. The van der Waals surface area contributed by atoms with Crippen LogP contribution in [0.2, 0.25) is 0 Å². The number of amides is 1. The molecule has 4 rings (SSSR count). The van der Waals surface area contributed by atoms with E-state index in [9.17, 15) is 9.59 Å². The van der Waals surface area contributed by atoms with Gasteiger partial charge >= 0.3 is 0 Å². The van der Waals surface area contributed by atoms with E-state index >= 15 is 0 Å². The summed E-state index contributed by atoms with van der Waals surface area (Å²) in [7, 11) is 0. The molecular formula is C22H18N4O2S. The highest BCUT2D eigenvalue weighted by atomic mass is 32.2. The van der Waals surface area contributed by atoms with E-state index in [4.69, 9.17) is 10.7 Å². The first-order valence-electron chi connectivity index (χ1n) is 8.99. The molecule has 0 radical (unpaired) electrons. The van der Waals surface area contributed by atoms with E-state index in [1.165, 1.54) is 16.3 Å². The third-order valence-corrected chi connectivity index (χ3v) is 5.46. The Morgan fingerprint density at radius 2 is 1.93 bits per heavy atom. The molecule has 0 aliphatic heterocycles. The van der Waals surface area contributed by atoms with Gasteiger partial charge in [-0.15, -0.1) is 0 Å². The average molecular weight is 402 g/mol. The van der Waals surface area contributed by atoms with Gasteiger partial charge in [-0.2, -0.15) is 0 Å². The number of para-hydroxylation sites is 1. The second-order valence-corrected chi connectivity index (χ2v) is 7.54. The van der Waals surface area contributed by atoms with Gasteiger partial charge in [-0.05, 0) is 48.4 Å². The van der Waals surface area contributed by atoms with Crippen molar-refractivity contribution >= 4 is 28.6 Å². The van der Waals surface area contributed by atoms with Gasteiger partial charge in [0.05, 0.1) is 10.9 Å². The third kappa shape index (κ3) is 3.90. The van der Waals surface area contributed by atoms with Gasteiger partial charge in [0.25, 0.3) is 5.56 Å². The van der Waals surface area contributed by atoms with Crippen molar-refractivity contribution in [2.24, 2.45) is 5.73 Å². The highest BCUT2D eigenvalue weighted by Crippen LogP contribution is 2.24. The summed E-state index contributed by atoms with van der Waals surface area (Å²) >= 11 is 1.41. The molecule has 29 heavy (non-hydrogen) atoms. The van der Waals surface area contributed by atoms with Crippen LogP contribution in [0.5, 0.6) is 0 Å². The van der Waals surface area contributed by atoms with Crippen LogP contribution in [0.15, 0.2) is 76.8 Å². The molecular weight excluding hydrogens is 384 g/mol. The topological polar surface area (TPSA) is 90.9 Å². The summed E-state index contributed by atoms with van der Waals surface area (Å²) < 4.78 is 1.53. The Morgan fingerprint density at radius 3 is 2.69 bits per heavy atom. The Morgan fingerprint density at radius 1 is 1.10 bits per heavy atom. The lowest BCUT2D eigenvalue weighted by atomic mass is 10.1. The van der Waals surface area contributed by atoms with E-state index in [2.05, 4.69) is 4.98 Å². The Balaban J connectivity index is 1.79. The van der Waals surface area contributed by atoms with E-state index in [-0.39, 0.29) is 5.56 Å². The van der Waals surface area contributed by atoms with Gasteiger partial charge in [0.15, 0.2) is 5.16 Å². The molecule has 0 atom stereocenters. The fourth-order valence-corrected chi connectivity index (χ4v) is 3.91. The van der Waals surface area contributed by atoms with Crippen molar-refractivity contribution in [1.29, 1.82) is 0 Å². The fourth-order valence-electron chi connectivity index (χ4n) is 2.97. The minimum Gasteiger partial charge on any atom is -0.366 e. The largest absolute Gasteiger partial charge is 0.366 e. The van der Waals surface area contributed by atoms with E-state index in [0.717, 1.165) is 11.1 Å². The maximum Gasteiger partial charge on any atom is 0.267 e. The predicted octanol–water partition coefficient (Wildman–Crippen LogP) is 3.48.